The summed E-state index contributed by atoms with van der Waals surface area (Å²) >= 11 is 0. The molecule has 0 bridgehead atoms. The number of nitrogen functional groups attached to an aromatic ring is 1. The van der Waals surface area contributed by atoms with E-state index >= 15 is 0 Å². The SMILES string of the molecule is Cc1cccc(NC(=O)C(C)Oc2cccc(N)c2)c1C. The van der Waals surface area contributed by atoms with Crippen molar-refractivity contribution in [3.63, 3.8) is 0 Å². The van der Waals surface area contributed by atoms with Gasteiger partial charge in [0.1, 0.15) is 5.75 Å². The number of aryl methyl sites for hydroxylation is 1. The Kier molecular flexibility index (Phi) is 4.48. The lowest BCUT2D eigenvalue weighted by molar-refractivity contribution is -0.122. The van der Waals surface area contributed by atoms with E-state index in [1.165, 1.54) is 0 Å². The van der Waals surface area contributed by atoms with E-state index in [0.29, 0.717) is 11.4 Å². The van der Waals surface area contributed by atoms with Gasteiger partial charge in [0.15, 0.2) is 6.10 Å². The van der Waals surface area contributed by atoms with Gasteiger partial charge in [0, 0.05) is 17.4 Å². The van der Waals surface area contributed by atoms with Gasteiger partial charge in [-0.1, -0.05) is 18.2 Å². The molecule has 0 heterocycles. The molecule has 0 spiro atoms. The quantitative estimate of drug-likeness (QED) is 0.847. The number of carbonyl (C=O) groups excluding carboxylic acids is 1. The minimum atomic E-state index is -0.605. The van der Waals surface area contributed by atoms with E-state index in [4.69, 9.17) is 10.5 Å². The van der Waals surface area contributed by atoms with Crippen LogP contribution in [0.4, 0.5) is 11.4 Å². The third-order valence-corrected chi connectivity index (χ3v) is 3.40. The number of carbonyl (C=O) groups is 1. The van der Waals surface area contributed by atoms with Gasteiger partial charge < -0.3 is 15.8 Å². The summed E-state index contributed by atoms with van der Waals surface area (Å²) in [5.41, 5.74) is 9.30. The Balaban J connectivity index is 2.04. The molecule has 3 N–H and O–H groups in total. The van der Waals surface area contributed by atoms with Crippen LogP contribution < -0.4 is 15.8 Å². The Hall–Kier alpha value is -2.49. The molecular formula is C17H20N2O2. The van der Waals surface area contributed by atoms with Gasteiger partial charge in [0.05, 0.1) is 0 Å². The van der Waals surface area contributed by atoms with Gasteiger partial charge in [-0.3, -0.25) is 4.79 Å². The zero-order chi connectivity index (χ0) is 15.4. The number of benzene rings is 2. The lowest BCUT2D eigenvalue weighted by atomic mass is 10.1. The van der Waals surface area contributed by atoms with Crippen molar-refractivity contribution >= 4 is 17.3 Å². The fourth-order valence-corrected chi connectivity index (χ4v) is 1.97. The zero-order valence-corrected chi connectivity index (χ0v) is 12.5. The first-order chi connectivity index (χ1) is 9.97. The maximum atomic E-state index is 12.2. The van der Waals surface area contributed by atoms with Crippen molar-refractivity contribution in [2.45, 2.75) is 26.9 Å². The van der Waals surface area contributed by atoms with Gasteiger partial charge in [-0.2, -0.15) is 0 Å². The molecule has 2 aromatic carbocycles. The standard InChI is InChI=1S/C17H20N2O2/c1-11-6-4-9-16(12(11)2)19-17(20)13(3)21-15-8-5-7-14(18)10-15/h4-10,13H,18H2,1-3H3,(H,19,20). The Bertz CT molecular complexity index is 653. The molecule has 1 atom stereocenters. The summed E-state index contributed by atoms with van der Waals surface area (Å²) in [5, 5.41) is 2.89. The van der Waals surface area contributed by atoms with Crippen molar-refractivity contribution in [2.75, 3.05) is 11.1 Å². The largest absolute Gasteiger partial charge is 0.481 e. The highest BCUT2D eigenvalue weighted by atomic mass is 16.5. The molecule has 110 valence electrons. The second-order valence-electron chi connectivity index (χ2n) is 5.07. The minimum absolute atomic E-state index is 0.189. The molecule has 2 aromatic rings. The summed E-state index contributed by atoms with van der Waals surface area (Å²) in [7, 11) is 0. The summed E-state index contributed by atoms with van der Waals surface area (Å²) in [5.74, 6) is 0.393. The maximum absolute atomic E-state index is 12.2. The molecule has 0 aliphatic rings. The van der Waals surface area contributed by atoms with Crippen molar-refractivity contribution in [1.29, 1.82) is 0 Å². The van der Waals surface area contributed by atoms with Crippen LogP contribution in [-0.4, -0.2) is 12.0 Å². The topological polar surface area (TPSA) is 64.3 Å². The first kappa shape index (κ1) is 14.9. The van der Waals surface area contributed by atoms with Crippen molar-refractivity contribution < 1.29 is 9.53 Å². The smallest absolute Gasteiger partial charge is 0.265 e. The summed E-state index contributed by atoms with van der Waals surface area (Å²) in [6.07, 6.45) is -0.605. The Morgan fingerprint density at radius 2 is 1.90 bits per heavy atom. The van der Waals surface area contributed by atoms with E-state index in [2.05, 4.69) is 5.32 Å². The summed E-state index contributed by atoms with van der Waals surface area (Å²) < 4.78 is 5.61. The van der Waals surface area contributed by atoms with Crippen molar-refractivity contribution in [3.8, 4) is 5.75 Å². The van der Waals surface area contributed by atoms with Crippen LogP contribution in [0.3, 0.4) is 0 Å². The predicted molar refractivity (Wildman–Crippen MR) is 85.5 cm³/mol. The third-order valence-electron chi connectivity index (χ3n) is 3.40. The number of hydrogen-bond acceptors (Lipinski definition) is 3. The maximum Gasteiger partial charge on any atom is 0.265 e. The number of nitrogens with two attached hydrogens (primary N) is 1. The van der Waals surface area contributed by atoms with Gasteiger partial charge in [-0.25, -0.2) is 0 Å². The van der Waals surface area contributed by atoms with Crippen LogP contribution in [0.25, 0.3) is 0 Å². The van der Waals surface area contributed by atoms with Crippen LogP contribution in [0, 0.1) is 13.8 Å². The molecule has 0 aliphatic carbocycles. The second kappa shape index (κ2) is 6.31. The van der Waals surface area contributed by atoms with E-state index in [0.717, 1.165) is 16.8 Å². The highest BCUT2D eigenvalue weighted by molar-refractivity contribution is 5.94. The normalized spacial score (nSPS) is 11.8. The molecule has 1 unspecified atom stereocenters. The second-order valence-corrected chi connectivity index (χ2v) is 5.07. The number of nitrogens with one attached hydrogen (secondary N) is 1. The highest BCUT2D eigenvalue weighted by Gasteiger charge is 2.16. The predicted octanol–water partition coefficient (Wildman–Crippen LogP) is 3.29. The molecule has 4 heteroatoms. The molecule has 0 saturated heterocycles. The molecule has 0 radical (unpaired) electrons. The van der Waals surface area contributed by atoms with E-state index in [1.807, 2.05) is 32.0 Å². The molecule has 0 aliphatic heterocycles. The van der Waals surface area contributed by atoms with Crippen LogP contribution >= 0.6 is 0 Å². The molecule has 0 saturated carbocycles. The Morgan fingerprint density at radius 3 is 2.62 bits per heavy atom. The summed E-state index contributed by atoms with van der Waals surface area (Å²) in [6, 6.07) is 12.8. The molecule has 0 aromatic heterocycles. The number of rotatable bonds is 4. The first-order valence-electron chi connectivity index (χ1n) is 6.86. The number of hydrogen-bond donors (Lipinski definition) is 2. The molecule has 21 heavy (non-hydrogen) atoms. The van der Waals surface area contributed by atoms with Crippen LogP contribution in [0.1, 0.15) is 18.1 Å². The van der Waals surface area contributed by atoms with Crippen molar-refractivity contribution in [3.05, 3.63) is 53.6 Å². The zero-order valence-electron chi connectivity index (χ0n) is 12.5. The van der Waals surface area contributed by atoms with Crippen molar-refractivity contribution in [1.82, 2.24) is 0 Å². The number of amides is 1. The van der Waals surface area contributed by atoms with Crippen LogP contribution in [0.2, 0.25) is 0 Å². The van der Waals surface area contributed by atoms with E-state index in [1.54, 1.807) is 31.2 Å². The fraction of sp³-hybridized carbons (Fsp3) is 0.235. The van der Waals surface area contributed by atoms with Gasteiger partial charge >= 0.3 is 0 Å². The van der Waals surface area contributed by atoms with E-state index in [-0.39, 0.29) is 5.91 Å². The average Bonchev–Trinajstić information content (AvgIpc) is 2.44. The first-order valence-corrected chi connectivity index (χ1v) is 6.86. The Morgan fingerprint density at radius 1 is 1.19 bits per heavy atom. The highest BCUT2D eigenvalue weighted by Crippen LogP contribution is 2.20. The molecule has 2 rings (SSSR count). The van der Waals surface area contributed by atoms with E-state index in [9.17, 15) is 4.79 Å². The monoisotopic (exact) mass is 284 g/mol. The summed E-state index contributed by atoms with van der Waals surface area (Å²) in [4.78, 5) is 12.2. The number of ether oxygens (including phenoxy) is 1. The van der Waals surface area contributed by atoms with Gasteiger partial charge in [0.2, 0.25) is 0 Å². The average molecular weight is 284 g/mol. The van der Waals surface area contributed by atoms with Gasteiger partial charge in [-0.05, 0) is 50.1 Å². The third kappa shape index (κ3) is 3.75. The minimum Gasteiger partial charge on any atom is -0.481 e. The van der Waals surface area contributed by atoms with Gasteiger partial charge in [0.25, 0.3) is 5.91 Å². The van der Waals surface area contributed by atoms with Crippen LogP contribution in [-0.2, 0) is 4.79 Å². The molecule has 4 nitrogen and oxygen atoms in total. The van der Waals surface area contributed by atoms with Crippen LogP contribution in [0.5, 0.6) is 5.75 Å². The van der Waals surface area contributed by atoms with Gasteiger partial charge in [-0.15, -0.1) is 0 Å². The fourth-order valence-electron chi connectivity index (χ4n) is 1.97. The summed E-state index contributed by atoms with van der Waals surface area (Å²) in [6.45, 7) is 5.70. The molecule has 0 fully saturated rings. The van der Waals surface area contributed by atoms with Crippen molar-refractivity contribution in [2.24, 2.45) is 0 Å². The lowest BCUT2D eigenvalue weighted by Gasteiger charge is -2.16. The molecule has 1 amide bonds. The lowest BCUT2D eigenvalue weighted by Crippen LogP contribution is -2.30. The van der Waals surface area contributed by atoms with E-state index < -0.39 is 6.10 Å². The Labute approximate surface area is 124 Å². The number of anilines is 2. The molecular weight excluding hydrogens is 264 g/mol. The van der Waals surface area contributed by atoms with Crippen LogP contribution in [0.15, 0.2) is 42.5 Å².